The number of rotatable bonds is 0. The Morgan fingerprint density at radius 1 is 1.17 bits per heavy atom. The molecule has 4 heteroatoms. The van der Waals surface area contributed by atoms with E-state index in [1.807, 2.05) is 0 Å². The van der Waals surface area contributed by atoms with E-state index in [1.54, 1.807) is 19.1 Å². The quantitative estimate of drug-likeness (QED) is 0.520. The smallest absolute Gasteiger partial charge is 0.205 e. The summed E-state index contributed by atoms with van der Waals surface area (Å²) in [6.07, 6.45) is 0. The van der Waals surface area contributed by atoms with Gasteiger partial charge in [-0.1, -0.05) is 0 Å². The van der Waals surface area contributed by atoms with Crippen molar-refractivity contribution in [3.8, 4) is 11.5 Å². The largest absolute Gasteiger partial charge is 0.502 e. The highest BCUT2D eigenvalue weighted by atomic mass is 16.4. The summed E-state index contributed by atoms with van der Waals surface area (Å²) < 4.78 is 4.84. The van der Waals surface area contributed by atoms with E-state index >= 15 is 0 Å². The summed E-state index contributed by atoms with van der Waals surface area (Å²) in [5.74, 6) is -0.319. The molecule has 0 spiro atoms. The number of hydrogen-bond acceptors (Lipinski definition) is 4. The van der Waals surface area contributed by atoms with Gasteiger partial charge in [-0.2, -0.15) is 0 Å². The Kier molecular flexibility index (Phi) is 2.40. The van der Waals surface area contributed by atoms with E-state index in [9.17, 15) is 0 Å². The highest BCUT2D eigenvalue weighted by Gasteiger charge is 2.13. The predicted octanol–water partition coefficient (Wildman–Crippen LogP) is 1.28. The van der Waals surface area contributed by atoms with Gasteiger partial charge in [0.25, 0.3) is 0 Å². The number of fused-ring (bicyclic) bond motifs is 2. The van der Waals surface area contributed by atoms with Gasteiger partial charge in [0.15, 0.2) is 11.2 Å². The lowest BCUT2D eigenvalue weighted by atomic mass is 10.3. The van der Waals surface area contributed by atoms with Gasteiger partial charge < -0.3 is 19.7 Å². The maximum Gasteiger partial charge on any atom is 0.205 e. The molecule has 2 heterocycles. The zero-order valence-electron chi connectivity index (χ0n) is 6.61. The third-order valence-corrected chi connectivity index (χ3v) is 1.30. The van der Waals surface area contributed by atoms with Crippen LogP contribution < -0.4 is 0 Å². The van der Waals surface area contributed by atoms with E-state index in [1.165, 1.54) is 0 Å². The van der Waals surface area contributed by atoms with Crippen molar-refractivity contribution in [3.05, 3.63) is 12.1 Å². The Balaban J connectivity index is 0.000000213. The van der Waals surface area contributed by atoms with Crippen LogP contribution >= 0.6 is 0 Å². The Morgan fingerprint density at radius 2 is 1.50 bits per heavy atom. The Bertz CT molecular complexity index is 308. The average Bonchev–Trinajstić information content (AvgIpc) is 2.58. The zero-order chi connectivity index (χ0) is 9.14. The topological polar surface area (TPSA) is 73.8 Å². The molecule has 2 aromatic rings. The van der Waals surface area contributed by atoms with Crippen LogP contribution in [0, 0.1) is 0 Å². The summed E-state index contributed by atoms with van der Waals surface area (Å²) in [5, 5.41) is 25.3. The van der Waals surface area contributed by atoms with Crippen LogP contribution in [0.3, 0.4) is 0 Å². The number of aromatic hydroxyl groups is 2. The van der Waals surface area contributed by atoms with E-state index in [2.05, 4.69) is 0 Å². The predicted molar refractivity (Wildman–Crippen MR) is 43.5 cm³/mol. The number of furan rings is 2. The van der Waals surface area contributed by atoms with Gasteiger partial charge in [0.05, 0.1) is 0 Å². The molecule has 0 fully saturated rings. The van der Waals surface area contributed by atoms with Crippen molar-refractivity contribution >= 4 is 11.2 Å². The second-order valence-corrected chi connectivity index (χ2v) is 2.18. The standard InChI is InChI=1S/C6H4O3.C2H6O/c7-5-3-1-2-4(9-3)6(5)8;1-2-3/h1-2,7-8H;3H,2H2,1H3. The number of phenolic OH excluding ortho intramolecular Hbond substituents is 2. The van der Waals surface area contributed by atoms with Gasteiger partial charge in [-0.25, -0.2) is 0 Å². The second kappa shape index (κ2) is 3.32. The maximum absolute atomic E-state index is 8.88. The van der Waals surface area contributed by atoms with Crippen LogP contribution in [-0.2, 0) is 0 Å². The normalized spacial score (nSPS) is 9.83. The SMILES string of the molecule is CCO.Oc1c(O)c2ccc1o2. The summed E-state index contributed by atoms with van der Waals surface area (Å²) in [4.78, 5) is 0. The molecular weight excluding hydrogens is 160 g/mol. The minimum absolute atomic E-state index is 0.160. The van der Waals surface area contributed by atoms with Crippen LogP contribution in [0.4, 0.5) is 0 Å². The fraction of sp³-hybridized carbons (Fsp3) is 0.250. The number of aliphatic hydroxyl groups is 1. The van der Waals surface area contributed by atoms with Crippen molar-refractivity contribution in [3.63, 3.8) is 0 Å². The summed E-state index contributed by atoms with van der Waals surface area (Å²) in [7, 11) is 0. The molecule has 0 saturated heterocycles. The van der Waals surface area contributed by atoms with Gasteiger partial charge in [0.2, 0.25) is 11.5 Å². The highest BCUT2D eigenvalue weighted by Crippen LogP contribution is 2.39. The Morgan fingerprint density at radius 3 is 1.67 bits per heavy atom. The van der Waals surface area contributed by atoms with E-state index in [0.29, 0.717) is 11.2 Å². The Labute approximate surface area is 69.0 Å². The first-order valence-electron chi connectivity index (χ1n) is 3.54. The molecule has 0 saturated carbocycles. The summed E-state index contributed by atoms with van der Waals surface area (Å²) in [6, 6.07) is 3.20. The fourth-order valence-electron chi connectivity index (χ4n) is 0.826. The molecule has 3 N–H and O–H groups in total. The zero-order valence-corrected chi connectivity index (χ0v) is 6.61. The first-order valence-corrected chi connectivity index (χ1v) is 3.54. The van der Waals surface area contributed by atoms with Gasteiger partial charge in [-0.05, 0) is 19.1 Å². The Hall–Kier alpha value is -1.42. The van der Waals surface area contributed by atoms with E-state index < -0.39 is 0 Å². The first-order chi connectivity index (χ1) is 5.70. The number of aliphatic hydroxyl groups excluding tert-OH is 1. The van der Waals surface area contributed by atoms with Crippen LogP contribution in [0.1, 0.15) is 6.92 Å². The van der Waals surface area contributed by atoms with Crippen molar-refractivity contribution in [1.29, 1.82) is 0 Å². The molecule has 0 amide bonds. The molecule has 2 aromatic heterocycles. The lowest BCUT2D eigenvalue weighted by molar-refractivity contribution is 0.318. The third-order valence-electron chi connectivity index (χ3n) is 1.30. The fourth-order valence-corrected chi connectivity index (χ4v) is 0.826. The molecule has 0 aliphatic heterocycles. The lowest BCUT2D eigenvalue weighted by Crippen LogP contribution is -1.60. The molecule has 0 unspecified atom stereocenters. The summed E-state index contributed by atoms with van der Waals surface area (Å²) >= 11 is 0. The van der Waals surface area contributed by atoms with Crippen LogP contribution in [-0.4, -0.2) is 21.9 Å². The van der Waals surface area contributed by atoms with Gasteiger partial charge in [0, 0.05) is 6.61 Å². The molecule has 2 bridgehead atoms. The molecule has 0 radical (unpaired) electrons. The molecular formula is C8H10O4. The molecule has 2 rings (SSSR count). The van der Waals surface area contributed by atoms with Crippen LogP contribution in [0.2, 0.25) is 0 Å². The first kappa shape index (κ1) is 8.67. The average molecular weight is 170 g/mol. The molecule has 4 nitrogen and oxygen atoms in total. The third kappa shape index (κ3) is 1.29. The highest BCUT2D eigenvalue weighted by molar-refractivity contribution is 5.78. The van der Waals surface area contributed by atoms with Crippen molar-refractivity contribution < 1.29 is 19.7 Å². The lowest BCUT2D eigenvalue weighted by Gasteiger charge is -1.84. The molecule has 0 aliphatic rings. The van der Waals surface area contributed by atoms with Crippen molar-refractivity contribution in [2.75, 3.05) is 6.61 Å². The monoisotopic (exact) mass is 170 g/mol. The number of benzene rings is 1. The molecule has 12 heavy (non-hydrogen) atoms. The minimum atomic E-state index is -0.160. The van der Waals surface area contributed by atoms with Gasteiger partial charge in [0.1, 0.15) is 0 Å². The van der Waals surface area contributed by atoms with E-state index in [-0.39, 0.29) is 18.1 Å². The summed E-state index contributed by atoms with van der Waals surface area (Å²) in [6.45, 7) is 1.93. The van der Waals surface area contributed by atoms with Crippen LogP contribution in [0.5, 0.6) is 11.5 Å². The van der Waals surface area contributed by atoms with E-state index in [0.717, 1.165) is 0 Å². The number of phenols is 2. The van der Waals surface area contributed by atoms with Crippen molar-refractivity contribution in [2.45, 2.75) is 6.92 Å². The molecule has 0 aliphatic carbocycles. The van der Waals surface area contributed by atoms with Gasteiger partial charge >= 0.3 is 0 Å². The minimum Gasteiger partial charge on any atom is -0.502 e. The van der Waals surface area contributed by atoms with Crippen molar-refractivity contribution in [2.24, 2.45) is 0 Å². The number of hydrogen-bond donors (Lipinski definition) is 3. The molecule has 0 aromatic carbocycles. The van der Waals surface area contributed by atoms with E-state index in [4.69, 9.17) is 19.7 Å². The van der Waals surface area contributed by atoms with Crippen LogP contribution in [0.15, 0.2) is 16.5 Å². The van der Waals surface area contributed by atoms with Crippen molar-refractivity contribution in [1.82, 2.24) is 0 Å². The summed E-state index contributed by atoms with van der Waals surface area (Å²) in [5.41, 5.74) is 0.671. The molecule has 66 valence electrons. The van der Waals surface area contributed by atoms with Gasteiger partial charge in [-0.3, -0.25) is 0 Å². The van der Waals surface area contributed by atoms with Gasteiger partial charge in [-0.15, -0.1) is 0 Å². The van der Waals surface area contributed by atoms with Crippen LogP contribution in [0.25, 0.3) is 11.2 Å². The second-order valence-electron chi connectivity index (χ2n) is 2.18. The molecule has 0 atom stereocenters. The maximum atomic E-state index is 8.88.